The minimum atomic E-state index is -4.60. The summed E-state index contributed by atoms with van der Waals surface area (Å²) in [6.45, 7) is 2.04. The Balaban J connectivity index is 1.42. The van der Waals surface area contributed by atoms with Crippen LogP contribution in [0.15, 0.2) is 40.9 Å². The molecule has 2 unspecified atom stereocenters. The van der Waals surface area contributed by atoms with Gasteiger partial charge >= 0.3 is 6.18 Å². The van der Waals surface area contributed by atoms with Crippen molar-refractivity contribution in [1.82, 2.24) is 5.32 Å². The highest BCUT2D eigenvalue weighted by Crippen LogP contribution is 2.50. The van der Waals surface area contributed by atoms with Crippen LogP contribution in [0.3, 0.4) is 0 Å². The van der Waals surface area contributed by atoms with Crippen LogP contribution in [0.25, 0.3) is 6.08 Å². The summed E-state index contributed by atoms with van der Waals surface area (Å²) in [5.41, 5.74) is -0.0114. The molecule has 2 fully saturated rings. The Morgan fingerprint density at radius 1 is 1.15 bits per heavy atom. The van der Waals surface area contributed by atoms with E-state index in [0.29, 0.717) is 40.9 Å². The van der Waals surface area contributed by atoms with Gasteiger partial charge in [-0.25, -0.2) is 0 Å². The number of amides is 1. The number of alkyl halides is 3. The normalized spacial score (nSPS) is 19.3. The van der Waals surface area contributed by atoms with Crippen molar-refractivity contribution in [1.29, 1.82) is 0 Å². The Morgan fingerprint density at radius 3 is 2.41 bits per heavy atom. The Kier molecular flexibility index (Phi) is 9.75. The molecular formula is C28H26BrCl3F3NO3. The molecule has 39 heavy (non-hydrogen) atoms. The molecular weight excluding hydrogens is 642 g/mol. The lowest BCUT2D eigenvalue weighted by Gasteiger charge is -2.18. The lowest BCUT2D eigenvalue weighted by molar-refractivity contribution is -0.139. The lowest BCUT2D eigenvalue weighted by atomic mass is 9.93. The van der Waals surface area contributed by atoms with Gasteiger partial charge in [0.05, 0.1) is 26.4 Å². The maximum absolute atomic E-state index is 13.8. The minimum absolute atomic E-state index is 0.0131. The van der Waals surface area contributed by atoms with Crippen LogP contribution in [-0.4, -0.2) is 37.6 Å². The van der Waals surface area contributed by atoms with Crippen molar-refractivity contribution in [3.05, 3.63) is 72.6 Å². The van der Waals surface area contributed by atoms with Gasteiger partial charge in [-0.1, -0.05) is 69.0 Å². The monoisotopic (exact) mass is 665 g/mol. The second kappa shape index (κ2) is 12.5. The molecule has 1 saturated carbocycles. The first-order valence-corrected chi connectivity index (χ1v) is 14.4. The Morgan fingerprint density at radius 2 is 1.85 bits per heavy atom. The molecule has 1 aliphatic carbocycles. The Bertz CT molecular complexity index is 1250. The Hall–Kier alpha value is -1.58. The molecule has 2 aliphatic rings. The topological polar surface area (TPSA) is 55.4 Å². The van der Waals surface area contributed by atoms with E-state index in [-0.39, 0.29) is 38.7 Å². The standard InChI is InChI=1S/C28H26BrCl3F3NO3/c29-21-11-16(2-4-20(28(33,34)35)18-12-22(30)25(32)23(31)13-18)1-3-19(21)24(37)14-27(7-8-27)26(38)36-9-5-17-6-10-39-15-17/h1-4,11-13,17,20H,5-10,14-15H2,(H,36,38)/b4-2+. The molecule has 2 aromatic carbocycles. The summed E-state index contributed by atoms with van der Waals surface area (Å²) < 4.78 is 47.3. The van der Waals surface area contributed by atoms with Crippen molar-refractivity contribution in [3.8, 4) is 0 Å². The molecule has 210 valence electrons. The molecule has 1 amide bonds. The largest absolute Gasteiger partial charge is 0.399 e. The van der Waals surface area contributed by atoms with Gasteiger partial charge in [-0.05, 0) is 67.0 Å². The average Bonchev–Trinajstić information content (AvgIpc) is 3.45. The third kappa shape index (κ3) is 7.59. The maximum Gasteiger partial charge on any atom is 0.399 e. The van der Waals surface area contributed by atoms with E-state index in [1.54, 1.807) is 18.2 Å². The highest BCUT2D eigenvalue weighted by molar-refractivity contribution is 9.10. The van der Waals surface area contributed by atoms with Crippen LogP contribution >= 0.6 is 50.7 Å². The van der Waals surface area contributed by atoms with E-state index in [1.165, 1.54) is 6.08 Å². The number of Topliss-reactive ketones (excluding diaryl/α,β-unsaturated/α-hetero) is 1. The van der Waals surface area contributed by atoms with Crippen LogP contribution in [-0.2, 0) is 9.53 Å². The molecule has 0 radical (unpaired) electrons. The summed E-state index contributed by atoms with van der Waals surface area (Å²) in [4.78, 5) is 25.8. The predicted octanol–water partition coefficient (Wildman–Crippen LogP) is 8.66. The fourth-order valence-corrected chi connectivity index (χ4v) is 5.89. The summed E-state index contributed by atoms with van der Waals surface area (Å²) in [5.74, 6) is -1.82. The fraction of sp³-hybridized carbons (Fsp3) is 0.429. The summed E-state index contributed by atoms with van der Waals surface area (Å²) in [5, 5.41) is 2.82. The van der Waals surface area contributed by atoms with Crippen molar-refractivity contribution < 1.29 is 27.5 Å². The van der Waals surface area contributed by atoms with Crippen molar-refractivity contribution in [2.45, 2.75) is 44.2 Å². The molecule has 0 aromatic heterocycles. The van der Waals surface area contributed by atoms with Gasteiger partial charge in [0.15, 0.2) is 5.78 Å². The molecule has 2 atom stereocenters. The minimum Gasteiger partial charge on any atom is -0.381 e. The maximum atomic E-state index is 13.8. The van der Waals surface area contributed by atoms with Crippen molar-refractivity contribution in [2.75, 3.05) is 19.8 Å². The van der Waals surface area contributed by atoms with E-state index in [1.807, 2.05) is 0 Å². The first kappa shape index (κ1) is 30.4. The number of rotatable bonds is 10. The van der Waals surface area contributed by atoms with Gasteiger partial charge in [0.1, 0.15) is 0 Å². The molecule has 0 spiro atoms. The zero-order valence-electron chi connectivity index (χ0n) is 20.7. The zero-order valence-corrected chi connectivity index (χ0v) is 24.6. The third-order valence-corrected chi connectivity index (χ3v) is 9.04. The first-order valence-electron chi connectivity index (χ1n) is 12.5. The highest BCUT2D eigenvalue weighted by Gasteiger charge is 2.51. The smallest absolute Gasteiger partial charge is 0.381 e. The van der Waals surface area contributed by atoms with Gasteiger partial charge in [0.2, 0.25) is 5.91 Å². The van der Waals surface area contributed by atoms with Crippen LogP contribution in [0.4, 0.5) is 13.2 Å². The van der Waals surface area contributed by atoms with E-state index in [0.717, 1.165) is 44.3 Å². The number of ether oxygens (including phenoxy) is 1. The quantitative estimate of drug-likeness (QED) is 0.204. The van der Waals surface area contributed by atoms with Crippen molar-refractivity contribution >= 4 is 68.5 Å². The summed E-state index contributed by atoms with van der Waals surface area (Å²) >= 11 is 21.1. The number of allylic oxidation sites excluding steroid dienone is 1. The fourth-order valence-electron chi connectivity index (χ4n) is 4.66. The average molecular weight is 668 g/mol. The van der Waals surface area contributed by atoms with Crippen LogP contribution in [0.5, 0.6) is 0 Å². The second-order valence-electron chi connectivity index (χ2n) is 10.1. The molecule has 0 bridgehead atoms. The van der Waals surface area contributed by atoms with E-state index >= 15 is 0 Å². The van der Waals surface area contributed by atoms with E-state index in [9.17, 15) is 22.8 Å². The molecule has 4 nitrogen and oxygen atoms in total. The van der Waals surface area contributed by atoms with Crippen LogP contribution in [0.2, 0.25) is 15.1 Å². The number of hydrogen-bond donors (Lipinski definition) is 1. The summed E-state index contributed by atoms with van der Waals surface area (Å²) in [7, 11) is 0. The first-order chi connectivity index (χ1) is 18.4. The summed E-state index contributed by atoms with van der Waals surface area (Å²) in [6, 6.07) is 6.97. The van der Waals surface area contributed by atoms with Crippen LogP contribution in [0.1, 0.15) is 59.5 Å². The van der Waals surface area contributed by atoms with Crippen molar-refractivity contribution in [2.24, 2.45) is 11.3 Å². The molecule has 11 heteroatoms. The summed E-state index contributed by atoms with van der Waals surface area (Å²) in [6.07, 6.45) is 0.934. The predicted molar refractivity (Wildman–Crippen MR) is 151 cm³/mol. The van der Waals surface area contributed by atoms with E-state index in [4.69, 9.17) is 39.5 Å². The van der Waals surface area contributed by atoms with Gasteiger partial charge in [-0.15, -0.1) is 0 Å². The molecule has 1 aliphatic heterocycles. The molecule has 1 N–H and O–H groups in total. The van der Waals surface area contributed by atoms with Crippen molar-refractivity contribution in [3.63, 3.8) is 0 Å². The number of carbonyl (C=O) groups is 2. The van der Waals surface area contributed by atoms with E-state index in [2.05, 4.69) is 21.2 Å². The van der Waals surface area contributed by atoms with Gasteiger partial charge in [0.25, 0.3) is 0 Å². The number of benzene rings is 2. The van der Waals surface area contributed by atoms with E-state index < -0.39 is 17.5 Å². The Labute approximate surface area is 248 Å². The van der Waals surface area contributed by atoms with Gasteiger partial charge in [0, 0.05) is 36.2 Å². The number of hydrogen-bond acceptors (Lipinski definition) is 3. The number of halogens is 7. The molecule has 4 rings (SSSR count). The lowest BCUT2D eigenvalue weighted by Crippen LogP contribution is -2.34. The van der Waals surface area contributed by atoms with Gasteiger partial charge in [-0.2, -0.15) is 13.2 Å². The SMILES string of the molecule is O=C(CC1(C(=O)NCCC2CCOC2)CC1)c1ccc(/C=C/C(c2cc(Cl)c(Cl)c(Cl)c2)C(F)(F)F)cc1Br. The van der Waals surface area contributed by atoms with Gasteiger partial charge in [-0.3, -0.25) is 9.59 Å². The van der Waals surface area contributed by atoms with Crippen LogP contribution in [0, 0.1) is 11.3 Å². The number of nitrogens with one attached hydrogen (secondary N) is 1. The number of ketones is 1. The molecule has 2 aromatic rings. The number of carbonyl (C=O) groups excluding carboxylic acids is 2. The van der Waals surface area contributed by atoms with Crippen LogP contribution < -0.4 is 5.32 Å². The third-order valence-electron chi connectivity index (χ3n) is 7.19. The zero-order chi connectivity index (χ0) is 28.4. The molecule has 1 saturated heterocycles. The second-order valence-corrected chi connectivity index (χ2v) is 12.1. The molecule has 1 heterocycles. The highest BCUT2D eigenvalue weighted by atomic mass is 79.9. The van der Waals surface area contributed by atoms with Gasteiger partial charge < -0.3 is 10.1 Å².